The Bertz CT molecular complexity index is 872. The van der Waals surface area contributed by atoms with Crippen LogP contribution in [0.3, 0.4) is 0 Å². The Labute approximate surface area is 170 Å². The fourth-order valence-corrected chi connectivity index (χ4v) is 6.13. The van der Waals surface area contributed by atoms with Crippen LogP contribution in [-0.2, 0) is 27.7 Å². The van der Waals surface area contributed by atoms with E-state index < -0.39 is 15.5 Å². The summed E-state index contributed by atoms with van der Waals surface area (Å²) in [5, 5.41) is 10.7. The Balaban J connectivity index is 1.37. The predicted octanol–water partition coefficient (Wildman–Crippen LogP) is -0.518. The molecular weight excluding hydrogens is 398 g/mol. The topological polar surface area (TPSA) is 104 Å². The molecule has 1 atom stereocenters. The second-order valence-corrected chi connectivity index (χ2v) is 10.4. The summed E-state index contributed by atoms with van der Waals surface area (Å²) < 4.78 is 34.0. The summed E-state index contributed by atoms with van der Waals surface area (Å²) in [6.07, 6.45) is 2.06. The highest BCUT2D eigenvalue weighted by atomic mass is 32.2. The third-order valence-electron chi connectivity index (χ3n) is 6.16. The molecule has 0 aliphatic carbocycles. The van der Waals surface area contributed by atoms with Crippen molar-refractivity contribution in [1.82, 2.24) is 14.7 Å². The molecule has 3 fully saturated rings. The summed E-state index contributed by atoms with van der Waals surface area (Å²) >= 11 is 0. The summed E-state index contributed by atoms with van der Waals surface area (Å²) in [4.78, 5) is 18.8. The largest absolute Gasteiger partial charge is 0.507 e. The molecule has 0 saturated carbocycles. The first-order valence-corrected chi connectivity index (χ1v) is 12.0. The van der Waals surface area contributed by atoms with Crippen molar-refractivity contribution in [1.29, 1.82) is 0 Å². The van der Waals surface area contributed by atoms with E-state index in [1.807, 2.05) is 0 Å². The van der Waals surface area contributed by atoms with E-state index in [9.17, 15) is 18.3 Å². The van der Waals surface area contributed by atoms with Gasteiger partial charge in [-0.3, -0.25) is 14.7 Å². The highest BCUT2D eigenvalue weighted by Crippen LogP contribution is 2.24. The number of sulfone groups is 1. The highest BCUT2D eigenvalue weighted by molar-refractivity contribution is 7.91. The second-order valence-electron chi connectivity index (χ2n) is 8.13. The molecule has 0 amide bonds. The summed E-state index contributed by atoms with van der Waals surface area (Å²) in [5.74, 6) is 0.556. The van der Waals surface area contributed by atoms with Crippen LogP contribution in [0.25, 0.3) is 0 Å². The van der Waals surface area contributed by atoms with Gasteiger partial charge in [0.2, 0.25) is 0 Å². The molecular formula is C19H29N3O6S. The van der Waals surface area contributed by atoms with Gasteiger partial charge in [-0.15, -0.1) is 0 Å². The molecule has 162 valence electrons. The first-order valence-electron chi connectivity index (χ1n) is 10.2. The normalized spacial score (nSPS) is 26.7. The molecule has 0 spiro atoms. The second kappa shape index (κ2) is 8.73. The van der Waals surface area contributed by atoms with Gasteiger partial charge in [-0.05, 0) is 6.42 Å². The molecule has 1 N–H and O–H groups in total. The number of aromatic hydroxyl groups is 1. The minimum Gasteiger partial charge on any atom is -0.507 e. The van der Waals surface area contributed by atoms with Gasteiger partial charge in [-0.2, -0.15) is 0 Å². The fraction of sp³-hybridized carbons (Fsp3) is 0.737. The monoisotopic (exact) mass is 427 g/mol. The first kappa shape index (κ1) is 20.8. The number of hydrogen-bond donors (Lipinski definition) is 1. The van der Waals surface area contributed by atoms with Crippen LogP contribution in [0, 0.1) is 0 Å². The zero-order valence-corrected chi connectivity index (χ0v) is 17.4. The van der Waals surface area contributed by atoms with Crippen LogP contribution in [-0.4, -0.2) is 98.3 Å². The van der Waals surface area contributed by atoms with Gasteiger partial charge in [-0.25, -0.2) is 13.2 Å². The molecule has 1 aromatic heterocycles. The number of piperazine rings is 1. The molecule has 4 rings (SSSR count). The van der Waals surface area contributed by atoms with Gasteiger partial charge >= 0.3 is 5.63 Å². The molecule has 3 aliphatic heterocycles. The lowest BCUT2D eigenvalue weighted by Gasteiger charge is -2.37. The van der Waals surface area contributed by atoms with E-state index in [0.29, 0.717) is 43.9 Å². The molecule has 10 heteroatoms. The SMILES string of the molecule is O=c1occ(CN2CCOCC2)c(O)c1CN1CCN(C2CCS(=O)(=O)C2)CC1. The molecule has 1 unspecified atom stereocenters. The Morgan fingerprint density at radius 2 is 1.72 bits per heavy atom. The van der Waals surface area contributed by atoms with Crippen molar-refractivity contribution in [3.63, 3.8) is 0 Å². The van der Waals surface area contributed by atoms with Gasteiger partial charge in [0, 0.05) is 64.0 Å². The van der Waals surface area contributed by atoms with Gasteiger partial charge in [0.05, 0.1) is 30.3 Å². The van der Waals surface area contributed by atoms with Crippen LogP contribution in [0.5, 0.6) is 5.75 Å². The Morgan fingerprint density at radius 1 is 1.03 bits per heavy atom. The van der Waals surface area contributed by atoms with Crippen LogP contribution in [0.4, 0.5) is 0 Å². The lowest BCUT2D eigenvalue weighted by atomic mass is 10.1. The molecule has 1 aromatic rings. The van der Waals surface area contributed by atoms with E-state index in [2.05, 4.69) is 14.7 Å². The minimum atomic E-state index is -2.89. The predicted molar refractivity (Wildman–Crippen MR) is 107 cm³/mol. The molecule has 29 heavy (non-hydrogen) atoms. The van der Waals surface area contributed by atoms with Crippen molar-refractivity contribution in [2.75, 3.05) is 64.0 Å². The van der Waals surface area contributed by atoms with Crippen molar-refractivity contribution < 1.29 is 22.7 Å². The molecule has 3 saturated heterocycles. The smallest absolute Gasteiger partial charge is 0.343 e. The number of nitrogens with zero attached hydrogens (tertiary/aromatic N) is 3. The van der Waals surface area contributed by atoms with Gasteiger partial charge in [0.15, 0.2) is 9.84 Å². The molecule has 0 radical (unpaired) electrons. The quantitative estimate of drug-likeness (QED) is 0.665. The van der Waals surface area contributed by atoms with E-state index in [1.54, 1.807) is 0 Å². The summed E-state index contributed by atoms with van der Waals surface area (Å²) in [6, 6.07) is 0.109. The minimum absolute atomic E-state index is 0.0251. The van der Waals surface area contributed by atoms with Crippen LogP contribution in [0.2, 0.25) is 0 Å². The van der Waals surface area contributed by atoms with Crippen molar-refractivity contribution in [2.45, 2.75) is 25.6 Å². The summed E-state index contributed by atoms with van der Waals surface area (Å²) in [5.41, 5.74) is 0.418. The summed E-state index contributed by atoms with van der Waals surface area (Å²) in [6.45, 7) is 6.73. The van der Waals surface area contributed by atoms with Crippen molar-refractivity contribution in [2.24, 2.45) is 0 Å². The molecule has 3 aliphatic rings. The van der Waals surface area contributed by atoms with E-state index >= 15 is 0 Å². The average Bonchev–Trinajstić information content (AvgIpc) is 3.08. The molecule has 4 heterocycles. The molecule has 0 aromatic carbocycles. The number of rotatable bonds is 5. The zero-order valence-electron chi connectivity index (χ0n) is 16.6. The number of hydrogen-bond acceptors (Lipinski definition) is 9. The van der Waals surface area contributed by atoms with Crippen LogP contribution in [0.15, 0.2) is 15.5 Å². The maximum atomic E-state index is 12.2. The Morgan fingerprint density at radius 3 is 2.38 bits per heavy atom. The van der Waals surface area contributed by atoms with Crippen molar-refractivity contribution >= 4 is 9.84 Å². The first-order chi connectivity index (χ1) is 13.9. The van der Waals surface area contributed by atoms with E-state index in [-0.39, 0.29) is 23.3 Å². The lowest BCUT2D eigenvalue weighted by molar-refractivity contribution is 0.0335. The summed E-state index contributed by atoms with van der Waals surface area (Å²) in [7, 11) is -2.89. The van der Waals surface area contributed by atoms with Crippen molar-refractivity contribution in [3.8, 4) is 5.75 Å². The lowest BCUT2D eigenvalue weighted by Crippen LogP contribution is -2.50. The number of ether oxygens (including phenoxy) is 1. The maximum absolute atomic E-state index is 12.2. The highest BCUT2D eigenvalue weighted by Gasteiger charge is 2.34. The van der Waals surface area contributed by atoms with Crippen molar-refractivity contribution in [3.05, 3.63) is 27.8 Å². The third kappa shape index (κ3) is 5.00. The van der Waals surface area contributed by atoms with E-state index in [1.165, 1.54) is 6.26 Å². The molecule has 9 nitrogen and oxygen atoms in total. The standard InChI is InChI=1S/C19H29N3O6S/c23-18-15(11-21-6-8-27-9-7-21)13-28-19(24)17(18)12-20-2-4-22(5-3-20)16-1-10-29(25,26)14-16/h13,16,23H,1-12,14H2. The van der Waals surface area contributed by atoms with E-state index in [0.717, 1.165) is 39.3 Å². The fourth-order valence-electron chi connectivity index (χ4n) is 4.37. The van der Waals surface area contributed by atoms with Crippen LogP contribution in [0.1, 0.15) is 17.5 Å². The van der Waals surface area contributed by atoms with Gasteiger partial charge < -0.3 is 14.3 Å². The van der Waals surface area contributed by atoms with Crippen LogP contribution >= 0.6 is 0 Å². The molecule has 0 bridgehead atoms. The van der Waals surface area contributed by atoms with Gasteiger partial charge in [0.25, 0.3) is 0 Å². The number of morpholine rings is 1. The van der Waals surface area contributed by atoms with Gasteiger partial charge in [-0.1, -0.05) is 0 Å². The van der Waals surface area contributed by atoms with Crippen LogP contribution < -0.4 is 5.63 Å². The Hall–Kier alpha value is -1.46. The van der Waals surface area contributed by atoms with Gasteiger partial charge in [0.1, 0.15) is 12.0 Å². The Kier molecular flexibility index (Phi) is 6.26. The third-order valence-corrected chi connectivity index (χ3v) is 7.91. The average molecular weight is 428 g/mol. The van der Waals surface area contributed by atoms with E-state index in [4.69, 9.17) is 9.15 Å². The maximum Gasteiger partial charge on any atom is 0.343 e. The zero-order chi connectivity index (χ0) is 20.4.